The number of benzene rings is 3. The average Bonchev–Trinajstić information content (AvgIpc) is 3.40. The topological polar surface area (TPSA) is 103 Å². The number of hydrazone groups is 1. The van der Waals surface area contributed by atoms with E-state index in [1.54, 1.807) is 30.5 Å². The monoisotopic (exact) mass is 452 g/mol. The van der Waals surface area contributed by atoms with E-state index in [0.717, 1.165) is 33.1 Å². The lowest BCUT2D eigenvalue weighted by atomic mass is 10.1. The van der Waals surface area contributed by atoms with Gasteiger partial charge in [-0.05, 0) is 30.7 Å². The number of nitrogens with zero attached hydrogens (tertiary/aromatic N) is 3. The van der Waals surface area contributed by atoms with E-state index in [4.69, 9.17) is 4.42 Å². The van der Waals surface area contributed by atoms with Crippen LogP contribution in [0.25, 0.3) is 21.9 Å². The maximum atomic E-state index is 12.5. The number of hydrogen-bond acceptors (Lipinski definition) is 5. The number of carbonyl (C=O) groups is 1. The smallest absolute Gasteiger partial charge is 0.307 e. The van der Waals surface area contributed by atoms with Gasteiger partial charge in [0, 0.05) is 46.2 Å². The van der Waals surface area contributed by atoms with Crippen molar-refractivity contribution in [1.82, 2.24) is 9.99 Å². The van der Waals surface area contributed by atoms with Crippen molar-refractivity contribution >= 4 is 39.7 Å². The van der Waals surface area contributed by atoms with Gasteiger partial charge in [-0.1, -0.05) is 48.5 Å². The fraction of sp³-hybridized carbons (Fsp3) is 0.0769. The summed E-state index contributed by atoms with van der Waals surface area (Å²) in [6.07, 6.45) is 1.63. The molecule has 0 aliphatic heterocycles. The third-order valence-electron chi connectivity index (χ3n) is 5.78. The van der Waals surface area contributed by atoms with Gasteiger partial charge in [-0.3, -0.25) is 14.9 Å². The van der Waals surface area contributed by atoms with Crippen molar-refractivity contribution in [2.24, 2.45) is 5.10 Å². The summed E-state index contributed by atoms with van der Waals surface area (Å²) in [4.78, 5) is 23.0. The summed E-state index contributed by atoms with van der Waals surface area (Å²) in [5.41, 5.74) is 7.02. The number of nitrogens with one attached hydrogen (secondary N) is 1. The van der Waals surface area contributed by atoms with Gasteiger partial charge in [-0.2, -0.15) is 5.10 Å². The second-order valence-corrected chi connectivity index (χ2v) is 7.87. The second kappa shape index (κ2) is 8.67. The highest BCUT2D eigenvalue weighted by Gasteiger charge is 2.15. The van der Waals surface area contributed by atoms with Gasteiger partial charge >= 0.3 is 5.91 Å². The second-order valence-electron chi connectivity index (χ2n) is 7.87. The highest BCUT2D eigenvalue weighted by Crippen LogP contribution is 2.26. The minimum atomic E-state index is -0.431. The molecule has 0 saturated carbocycles. The summed E-state index contributed by atoms with van der Waals surface area (Å²) >= 11 is 0. The Morgan fingerprint density at radius 2 is 1.82 bits per heavy atom. The lowest BCUT2D eigenvalue weighted by molar-refractivity contribution is -0.384. The van der Waals surface area contributed by atoms with Crippen LogP contribution in [0.2, 0.25) is 0 Å². The molecule has 8 nitrogen and oxygen atoms in total. The molecule has 2 aromatic heterocycles. The third-order valence-corrected chi connectivity index (χ3v) is 5.78. The lowest BCUT2D eigenvalue weighted by Crippen LogP contribution is -2.16. The van der Waals surface area contributed by atoms with E-state index < -0.39 is 10.8 Å². The maximum Gasteiger partial charge on any atom is 0.307 e. The Labute approximate surface area is 194 Å². The predicted octanol–water partition coefficient (Wildman–Crippen LogP) is 5.42. The van der Waals surface area contributed by atoms with Crippen LogP contribution in [0.1, 0.15) is 27.4 Å². The summed E-state index contributed by atoms with van der Waals surface area (Å²) in [6, 6.07) is 23.5. The molecule has 168 valence electrons. The number of nitro benzene ring substituents is 1. The van der Waals surface area contributed by atoms with Crippen molar-refractivity contribution in [3.63, 3.8) is 0 Å². The Morgan fingerprint density at radius 3 is 2.59 bits per heavy atom. The van der Waals surface area contributed by atoms with Crippen molar-refractivity contribution in [2.45, 2.75) is 13.5 Å². The first kappa shape index (κ1) is 21.1. The van der Waals surface area contributed by atoms with Crippen LogP contribution in [0.3, 0.4) is 0 Å². The standard InChI is InChI=1S/C26H20N4O4/c1-17-22(15-27-28-26(31)25-14-19-6-2-5-9-24(19)34-25)21-7-3-4-8-23(21)29(17)16-18-10-12-20(13-11-18)30(32)33/h2-15H,16H2,1H3,(H,28,31)/b27-15+. The molecule has 0 bridgehead atoms. The van der Waals surface area contributed by atoms with E-state index in [-0.39, 0.29) is 11.4 Å². The van der Waals surface area contributed by atoms with E-state index >= 15 is 0 Å². The summed E-state index contributed by atoms with van der Waals surface area (Å²) in [5.74, 6) is -0.240. The fourth-order valence-corrected chi connectivity index (χ4v) is 4.03. The highest BCUT2D eigenvalue weighted by molar-refractivity contribution is 6.02. The van der Waals surface area contributed by atoms with E-state index in [0.29, 0.717) is 12.1 Å². The van der Waals surface area contributed by atoms with Crippen LogP contribution < -0.4 is 5.43 Å². The molecule has 0 fully saturated rings. The zero-order valence-corrected chi connectivity index (χ0v) is 18.3. The molecule has 0 spiro atoms. The maximum absolute atomic E-state index is 12.5. The minimum Gasteiger partial charge on any atom is -0.451 e. The number of para-hydroxylation sites is 2. The predicted molar refractivity (Wildman–Crippen MR) is 130 cm³/mol. The lowest BCUT2D eigenvalue weighted by Gasteiger charge is -2.08. The molecule has 0 saturated heterocycles. The minimum absolute atomic E-state index is 0.0610. The molecule has 0 unspecified atom stereocenters. The molecular formula is C26H20N4O4. The van der Waals surface area contributed by atoms with Gasteiger partial charge in [-0.25, -0.2) is 5.43 Å². The van der Waals surface area contributed by atoms with Crippen LogP contribution in [0.4, 0.5) is 5.69 Å². The molecule has 0 aliphatic rings. The van der Waals surface area contributed by atoms with E-state index in [1.165, 1.54) is 12.1 Å². The van der Waals surface area contributed by atoms with Crippen molar-refractivity contribution in [2.75, 3.05) is 0 Å². The molecule has 34 heavy (non-hydrogen) atoms. The SMILES string of the molecule is Cc1c(/C=N/NC(=O)c2cc3ccccc3o2)c2ccccc2n1Cc1ccc([N+](=O)[O-])cc1. The molecule has 0 atom stereocenters. The van der Waals surface area contributed by atoms with Crippen LogP contribution in [0.15, 0.2) is 88.4 Å². The summed E-state index contributed by atoms with van der Waals surface area (Å²) in [6.45, 7) is 2.53. The average molecular weight is 452 g/mol. The number of non-ortho nitro benzene ring substituents is 1. The number of rotatable bonds is 6. The van der Waals surface area contributed by atoms with Crippen molar-refractivity contribution < 1.29 is 14.1 Å². The number of fused-ring (bicyclic) bond motifs is 2. The fourth-order valence-electron chi connectivity index (χ4n) is 4.03. The number of hydrogen-bond donors (Lipinski definition) is 1. The Bertz CT molecular complexity index is 1530. The molecule has 1 amide bonds. The molecule has 1 N–H and O–H groups in total. The third kappa shape index (κ3) is 3.93. The largest absolute Gasteiger partial charge is 0.451 e. The van der Waals surface area contributed by atoms with Crippen LogP contribution in [-0.4, -0.2) is 21.6 Å². The molecular weight excluding hydrogens is 432 g/mol. The van der Waals surface area contributed by atoms with Crippen LogP contribution in [-0.2, 0) is 6.54 Å². The molecule has 8 heteroatoms. The molecule has 3 aromatic carbocycles. The first-order valence-electron chi connectivity index (χ1n) is 10.6. The highest BCUT2D eigenvalue weighted by atomic mass is 16.6. The van der Waals surface area contributed by atoms with Gasteiger partial charge in [0.15, 0.2) is 5.76 Å². The van der Waals surface area contributed by atoms with Crippen LogP contribution in [0, 0.1) is 17.0 Å². The number of furan rings is 1. The number of amides is 1. The summed E-state index contributed by atoms with van der Waals surface area (Å²) in [5, 5.41) is 17.0. The van der Waals surface area contributed by atoms with Crippen molar-refractivity contribution in [1.29, 1.82) is 0 Å². The van der Waals surface area contributed by atoms with Crippen molar-refractivity contribution in [3.8, 4) is 0 Å². The number of nitro groups is 1. The normalized spacial score (nSPS) is 11.4. The van der Waals surface area contributed by atoms with E-state index in [1.807, 2.05) is 49.4 Å². The van der Waals surface area contributed by atoms with Gasteiger partial charge in [0.1, 0.15) is 5.58 Å². The summed E-state index contributed by atoms with van der Waals surface area (Å²) in [7, 11) is 0. The van der Waals surface area contributed by atoms with Crippen molar-refractivity contribution in [3.05, 3.63) is 112 Å². The molecule has 0 radical (unpaired) electrons. The van der Waals surface area contributed by atoms with Gasteiger partial charge < -0.3 is 8.98 Å². The number of aromatic nitrogens is 1. The zero-order chi connectivity index (χ0) is 23.7. The molecule has 0 aliphatic carbocycles. The Morgan fingerprint density at radius 1 is 1.09 bits per heavy atom. The Hall–Kier alpha value is -4.72. The molecule has 5 aromatic rings. The Balaban J connectivity index is 1.41. The quantitative estimate of drug-likeness (QED) is 0.211. The van der Waals surface area contributed by atoms with Gasteiger partial charge in [0.2, 0.25) is 0 Å². The first-order chi connectivity index (χ1) is 16.5. The number of carbonyl (C=O) groups excluding carboxylic acids is 1. The van der Waals surface area contributed by atoms with E-state index in [2.05, 4.69) is 15.1 Å². The molecule has 2 heterocycles. The molecule has 5 rings (SSSR count). The van der Waals surface area contributed by atoms with Gasteiger partial charge in [0.05, 0.1) is 11.1 Å². The van der Waals surface area contributed by atoms with E-state index in [9.17, 15) is 14.9 Å². The Kier molecular flexibility index (Phi) is 5.39. The van der Waals surface area contributed by atoms with Gasteiger partial charge in [-0.15, -0.1) is 0 Å². The first-order valence-corrected chi connectivity index (χ1v) is 10.6. The zero-order valence-electron chi connectivity index (χ0n) is 18.3. The van der Waals surface area contributed by atoms with Gasteiger partial charge in [0.25, 0.3) is 5.69 Å². The summed E-state index contributed by atoms with van der Waals surface area (Å²) < 4.78 is 7.71. The van der Waals surface area contributed by atoms with Crippen LogP contribution >= 0.6 is 0 Å². The van der Waals surface area contributed by atoms with Crippen LogP contribution in [0.5, 0.6) is 0 Å².